The first-order valence-corrected chi connectivity index (χ1v) is 23.4. The molecule has 3 aromatic carbocycles. The number of carbonyl (C=O) groups excluding carboxylic acids is 2. The van der Waals surface area contributed by atoms with Gasteiger partial charge in [-0.2, -0.15) is 5.10 Å². The summed E-state index contributed by atoms with van der Waals surface area (Å²) in [5, 5.41) is 9.05. The summed E-state index contributed by atoms with van der Waals surface area (Å²) in [5.41, 5.74) is 11.9. The minimum absolute atomic E-state index is 0.0963. The van der Waals surface area contributed by atoms with Crippen molar-refractivity contribution in [2.45, 2.75) is 84.0 Å². The Kier molecular flexibility index (Phi) is 10.5. The van der Waals surface area contributed by atoms with Crippen LogP contribution in [0.4, 0.5) is 14.9 Å². The molecule has 1 aliphatic carbocycles. The van der Waals surface area contributed by atoms with E-state index >= 15 is 9.18 Å². The monoisotopic (exact) mass is 918 g/mol. The van der Waals surface area contributed by atoms with Crippen molar-refractivity contribution < 1.29 is 23.6 Å². The van der Waals surface area contributed by atoms with Crippen molar-refractivity contribution >= 4 is 28.6 Å². The number of aryl methyl sites for hydroxylation is 3. The number of imidazole rings is 1. The van der Waals surface area contributed by atoms with Gasteiger partial charge in [0.2, 0.25) is 0 Å². The van der Waals surface area contributed by atoms with Crippen molar-refractivity contribution in [3.63, 3.8) is 0 Å². The molecule has 0 bridgehead atoms. The van der Waals surface area contributed by atoms with Gasteiger partial charge in [0.1, 0.15) is 23.5 Å². The molecule has 1 unspecified atom stereocenters. The highest BCUT2D eigenvalue weighted by Crippen LogP contribution is 2.55. The maximum atomic E-state index is 15.6. The number of rotatable bonds is 9. The number of aromatic nitrogens is 6. The average Bonchev–Trinajstić information content (AvgIpc) is 3.83. The minimum Gasteiger partial charge on any atom is -0.381 e. The van der Waals surface area contributed by atoms with E-state index < -0.39 is 23.8 Å². The van der Waals surface area contributed by atoms with Gasteiger partial charge in [-0.05, 0) is 136 Å². The molecule has 11 rings (SSSR count). The lowest BCUT2D eigenvalue weighted by Crippen LogP contribution is -2.49. The summed E-state index contributed by atoms with van der Waals surface area (Å²) in [6, 6.07) is 21.3. The van der Waals surface area contributed by atoms with Crippen molar-refractivity contribution in [2.75, 3.05) is 38.8 Å². The summed E-state index contributed by atoms with van der Waals surface area (Å²) in [6.45, 7) is 11.3. The number of nitrogens with zero attached hydrogens (tertiary/aromatic N) is 8. The zero-order chi connectivity index (χ0) is 47.3. The fraction of sp³-hybridized carbons (Fsp3) is 0.365. The van der Waals surface area contributed by atoms with E-state index in [9.17, 15) is 9.59 Å². The van der Waals surface area contributed by atoms with E-state index in [2.05, 4.69) is 45.5 Å². The van der Waals surface area contributed by atoms with Crippen molar-refractivity contribution in [1.82, 2.24) is 44.2 Å². The summed E-state index contributed by atoms with van der Waals surface area (Å²) in [4.78, 5) is 56.7. The molecular formula is C52H55FN10O5. The SMILES string of the molecule is Cc1cc(-n2ccn(-c3c4c(nn3-c3cc(C)c(F)c(C)c3)CCN(C(=O)c3cc5cc(C6CCOCC6)ccc5n3[C@@]3(C5NOC(=O)N5)C[C@@H]3C)[C@H]4C)c2=O)ccc1-c1cc(N(C)C)ccn1. The first-order chi connectivity index (χ1) is 32.7. The van der Waals surface area contributed by atoms with Crippen molar-refractivity contribution in [2.24, 2.45) is 5.92 Å². The number of halogens is 1. The molecule has 4 aromatic heterocycles. The highest BCUT2D eigenvalue weighted by atomic mass is 19.1. The smallest absolute Gasteiger partial charge is 0.381 e. The lowest BCUT2D eigenvalue weighted by atomic mass is 9.91. The Labute approximate surface area is 393 Å². The van der Waals surface area contributed by atoms with Gasteiger partial charge in [0.05, 0.1) is 34.3 Å². The van der Waals surface area contributed by atoms with E-state index in [1.807, 2.05) is 74.1 Å². The zero-order valence-corrected chi connectivity index (χ0v) is 39.3. The predicted molar refractivity (Wildman–Crippen MR) is 256 cm³/mol. The molecule has 2 N–H and O–H groups in total. The minimum atomic E-state index is -0.683. The van der Waals surface area contributed by atoms with E-state index in [1.165, 1.54) is 5.56 Å². The molecule has 4 atom stereocenters. The number of anilines is 1. The largest absolute Gasteiger partial charge is 0.427 e. The molecule has 3 aliphatic heterocycles. The lowest BCUT2D eigenvalue weighted by molar-refractivity contribution is 0.0653. The number of hydrogen-bond acceptors (Lipinski definition) is 9. The maximum Gasteiger partial charge on any atom is 0.427 e. The Hall–Kier alpha value is -7.04. The molecule has 0 spiro atoms. The first-order valence-electron chi connectivity index (χ1n) is 23.4. The maximum absolute atomic E-state index is 15.6. The van der Waals surface area contributed by atoms with Crippen LogP contribution in [-0.2, 0) is 21.5 Å². The molecule has 68 heavy (non-hydrogen) atoms. The Morgan fingerprint density at radius 2 is 1.63 bits per heavy atom. The van der Waals surface area contributed by atoms with Crippen LogP contribution in [0, 0.1) is 32.5 Å². The van der Waals surface area contributed by atoms with Gasteiger partial charge in [-0.25, -0.2) is 18.7 Å². The third kappa shape index (κ3) is 6.94. The molecule has 15 nitrogen and oxygen atoms in total. The summed E-state index contributed by atoms with van der Waals surface area (Å²) in [6.07, 6.45) is 7.11. The second-order valence-electron chi connectivity index (χ2n) is 19.3. The van der Waals surface area contributed by atoms with Crippen LogP contribution in [0.5, 0.6) is 0 Å². The van der Waals surface area contributed by atoms with E-state index in [4.69, 9.17) is 14.7 Å². The zero-order valence-electron chi connectivity index (χ0n) is 39.3. The van der Waals surface area contributed by atoms with Gasteiger partial charge < -0.3 is 23.9 Å². The van der Waals surface area contributed by atoms with Crippen LogP contribution in [0.2, 0.25) is 0 Å². The van der Waals surface area contributed by atoms with Crippen molar-refractivity contribution in [1.29, 1.82) is 0 Å². The molecule has 4 aliphatic rings. The van der Waals surface area contributed by atoms with Gasteiger partial charge in [0.15, 0.2) is 0 Å². The fourth-order valence-electron chi connectivity index (χ4n) is 11.1. The van der Waals surface area contributed by atoms with E-state index in [0.717, 1.165) is 57.5 Å². The number of hydrogen-bond donors (Lipinski definition) is 2. The number of amides is 2. The molecule has 3 fully saturated rings. The van der Waals surface area contributed by atoms with Crippen LogP contribution < -0.4 is 21.4 Å². The van der Waals surface area contributed by atoms with Crippen LogP contribution in [0.3, 0.4) is 0 Å². The van der Waals surface area contributed by atoms with Crippen LogP contribution in [0.25, 0.3) is 39.4 Å². The fourth-order valence-corrected chi connectivity index (χ4v) is 11.1. The normalized spacial score (nSPS) is 21.5. The number of fused-ring (bicyclic) bond motifs is 2. The van der Waals surface area contributed by atoms with Crippen molar-refractivity contribution in [3.8, 4) is 28.5 Å². The van der Waals surface area contributed by atoms with Crippen LogP contribution in [-0.4, -0.2) is 85.4 Å². The van der Waals surface area contributed by atoms with Gasteiger partial charge in [-0.15, -0.1) is 5.48 Å². The molecule has 7 heterocycles. The van der Waals surface area contributed by atoms with Crippen molar-refractivity contribution in [3.05, 3.63) is 141 Å². The Bertz CT molecular complexity index is 3230. The van der Waals surface area contributed by atoms with Gasteiger partial charge in [0, 0.05) is 86.6 Å². The van der Waals surface area contributed by atoms with Crippen LogP contribution >= 0.6 is 0 Å². The highest BCUT2D eigenvalue weighted by molar-refractivity contribution is 6.00. The van der Waals surface area contributed by atoms with Crippen LogP contribution in [0.1, 0.15) is 89.1 Å². The number of ether oxygens (including phenoxy) is 1. The van der Waals surface area contributed by atoms with Gasteiger partial charge in [-0.1, -0.05) is 19.1 Å². The second-order valence-corrected chi connectivity index (χ2v) is 19.3. The van der Waals surface area contributed by atoms with E-state index in [-0.39, 0.29) is 23.3 Å². The van der Waals surface area contributed by atoms with Crippen LogP contribution in [0.15, 0.2) is 90.1 Å². The first kappa shape index (κ1) is 43.5. The summed E-state index contributed by atoms with van der Waals surface area (Å²) in [5.74, 6) is 0.428. The molecule has 16 heteroatoms. The second kappa shape index (κ2) is 16.3. The third-order valence-electron chi connectivity index (χ3n) is 14.9. The van der Waals surface area contributed by atoms with Gasteiger partial charge in [-0.3, -0.25) is 24.2 Å². The molecule has 7 aromatic rings. The van der Waals surface area contributed by atoms with Gasteiger partial charge >= 0.3 is 11.8 Å². The quantitative estimate of drug-likeness (QED) is 0.148. The lowest BCUT2D eigenvalue weighted by Gasteiger charge is -2.35. The average molecular weight is 919 g/mol. The molecule has 350 valence electrons. The molecule has 0 radical (unpaired) electrons. The number of hydroxylamine groups is 1. The third-order valence-corrected chi connectivity index (χ3v) is 14.9. The Balaban J connectivity index is 1.02. The van der Waals surface area contributed by atoms with E-state index in [1.54, 1.807) is 58.4 Å². The number of nitrogens with one attached hydrogen (secondary N) is 2. The molecular weight excluding hydrogens is 864 g/mol. The standard InChI is InChI=1S/C52H55FN10O5/c1-29-22-38(9-10-40(29)42-27-37(58(6)7)12-16-54-42)60-18-19-61(51(60)66)47-45-33(5)59(17-13-41(45)56-63(47)39-23-30(2)46(53)31(3)24-39)48(64)44-26-36-25-35(34-14-20-67-21-15-34)8-11-43(36)62(44)52(28-32(52)4)49-55-50(65)68-57-49/h8-12,16,18-19,22-27,32-34,49,57H,13-15,17,20-21,28H2,1-7H3,(H,55,65)/t32-,33-,49?,52-/m0/s1. The summed E-state index contributed by atoms with van der Waals surface area (Å²) >= 11 is 0. The van der Waals surface area contributed by atoms with E-state index in [0.29, 0.717) is 72.5 Å². The number of carbonyl (C=O) groups is 2. The molecule has 1 saturated carbocycles. The highest BCUT2D eigenvalue weighted by Gasteiger charge is 2.62. The Morgan fingerprint density at radius 3 is 2.32 bits per heavy atom. The summed E-state index contributed by atoms with van der Waals surface area (Å²) in [7, 11) is 3.98. The molecule has 2 saturated heterocycles. The topological polar surface area (TPSA) is 146 Å². The molecule has 2 amide bonds. The number of benzene rings is 3. The predicted octanol–water partition coefficient (Wildman–Crippen LogP) is 7.92. The Morgan fingerprint density at radius 1 is 0.897 bits per heavy atom. The summed E-state index contributed by atoms with van der Waals surface area (Å²) < 4.78 is 27.9. The number of pyridine rings is 1. The van der Waals surface area contributed by atoms with Gasteiger partial charge in [0.25, 0.3) is 5.91 Å².